The van der Waals surface area contributed by atoms with Crippen molar-refractivity contribution in [3.8, 4) is 0 Å². The van der Waals surface area contributed by atoms with Gasteiger partial charge in [0, 0.05) is 10.9 Å². The highest BCUT2D eigenvalue weighted by molar-refractivity contribution is 7.10. The second-order valence-electron chi connectivity index (χ2n) is 4.80. The van der Waals surface area contributed by atoms with E-state index in [9.17, 15) is 5.11 Å². The lowest BCUT2D eigenvalue weighted by Gasteiger charge is -2.36. The van der Waals surface area contributed by atoms with Crippen LogP contribution in [0.2, 0.25) is 0 Å². The van der Waals surface area contributed by atoms with Crippen molar-refractivity contribution in [3.05, 3.63) is 21.9 Å². The Hall–Kier alpha value is -0.380. The molecule has 0 bridgehead atoms. The number of aliphatic hydroxyl groups is 1. The second-order valence-corrected chi connectivity index (χ2v) is 5.71. The van der Waals surface area contributed by atoms with Gasteiger partial charge < -0.3 is 10.4 Å². The van der Waals surface area contributed by atoms with Gasteiger partial charge in [-0.3, -0.25) is 0 Å². The van der Waals surface area contributed by atoms with Gasteiger partial charge in [0.1, 0.15) is 0 Å². The van der Waals surface area contributed by atoms with E-state index in [0.29, 0.717) is 6.04 Å². The summed E-state index contributed by atoms with van der Waals surface area (Å²) in [5.41, 5.74) is 0.693. The molecule has 1 aromatic rings. The van der Waals surface area contributed by atoms with Crippen LogP contribution in [-0.4, -0.2) is 17.7 Å². The highest BCUT2D eigenvalue weighted by atomic mass is 32.1. The summed E-state index contributed by atoms with van der Waals surface area (Å²) in [6.07, 6.45) is 3.96. The summed E-state index contributed by atoms with van der Waals surface area (Å²) in [5.74, 6) is 0. The molecule has 2 N–H and O–H groups in total. The number of nitrogens with one attached hydrogen (secondary N) is 1. The first kappa shape index (κ1) is 12.1. The van der Waals surface area contributed by atoms with Crippen LogP contribution in [0.5, 0.6) is 0 Å². The zero-order chi connectivity index (χ0) is 11.6. The van der Waals surface area contributed by atoms with Crippen molar-refractivity contribution in [2.75, 3.05) is 6.54 Å². The fourth-order valence-corrected chi connectivity index (χ4v) is 3.75. The van der Waals surface area contributed by atoms with Crippen molar-refractivity contribution in [1.82, 2.24) is 5.32 Å². The minimum atomic E-state index is -0.551. The maximum atomic E-state index is 10.7. The Kier molecular flexibility index (Phi) is 3.67. The summed E-state index contributed by atoms with van der Waals surface area (Å²) in [5, 5.41) is 16.2. The van der Waals surface area contributed by atoms with Crippen LogP contribution >= 0.6 is 11.3 Å². The average molecular weight is 239 g/mol. The second kappa shape index (κ2) is 4.86. The fraction of sp³-hybridized carbons (Fsp3) is 0.692. The number of hydrogen-bond donors (Lipinski definition) is 2. The first-order valence-electron chi connectivity index (χ1n) is 6.16. The molecule has 1 aromatic heterocycles. The first-order valence-corrected chi connectivity index (χ1v) is 7.04. The summed E-state index contributed by atoms with van der Waals surface area (Å²) in [4.78, 5) is 1.18. The molecule has 90 valence electrons. The average Bonchev–Trinajstić information content (AvgIpc) is 2.69. The quantitative estimate of drug-likeness (QED) is 0.850. The lowest BCUT2D eigenvalue weighted by molar-refractivity contribution is -0.00530. The third kappa shape index (κ3) is 2.31. The predicted molar refractivity (Wildman–Crippen MR) is 68.9 cm³/mol. The van der Waals surface area contributed by atoms with Crippen LogP contribution < -0.4 is 5.32 Å². The molecule has 0 unspecified atom stereocenters. The molecular weight excluding hydrogens is 218 g/mol. The molecule has 0 saturated heterocycles. The third-order valence-electron chi connectivity index (χ3n) is 3.59. The van der Waals surface area contributed by atoms with Crippen molar-refractivity contribution in [1.29, 1.82) is 0 Å². The van der Waals surface area contributed by atoms with E-state index in [0.717, 1.165) is 32.2 Å². The minimum absolute atomic E-state index is 0.551. The molecule has 0 spiro atoms. The minimum Gasteiger partial charge on any atom is -0.384 e. The van der Waals surface area contributed by atoms with Gasteiger partial charge in [0.2, 0.25) is 0 Å². The van der Waals surface area contributed by atoms with E-state index in [1.807, 2.05) is 0 Å². The third-order valence-corrected chi connectivity index (χ3v) is 4.80. The number of thiophene rings is 1. The molecule has 0 amide bonds. The Labute approximate surface area is 102 Å². The first-order chi connectivity index (χ1) is 7.65. The summed E-state index contributed by atoms with van der Waals surface area (Å²) < 4.78 is 0. The molecule has 1 fully saturated rings. The Morgan fingerprint density at radius 3 is 2.69 bits per heavy atom. The molecule has 1 aliphatic carbocycles. The van der Waals surface area contributed by atoms with Crippen molar-refractivity contribution in [2.24, 2.45) is 0 Å². The monoisotopic (exact) mass is 239 g/mol. The fourth-order valence-electron chi connectivity index (χ4n) is 2.66. The van der Waals surface area contributed by atoms with Crippen LogP contribution in [0.3, 0.4) is 0 Å². The summed E-state index contributed by atoms with van der Waals surface area (Å²) in [6.45, 7) is 5.27. The highest BCUT2D eigenvalue weighted by Crippen LogP contribution is 2.40. The van der Waals surface area contributed by atoms with E-state index in [-0.39, 0.29) is 0 Å². The zero-order valence-electron chi connectivity index (χ0n) is 10.1. The summed E-state index contributed by atoms with van der Waals surface area (Å²) in [7, 11) is 0. The molecule has 2 rings (SSSR count). The Bertz CT molecular complexity index is 339. The van der Waals surface area contributed by atoms with E-state index in [4.69, 9.17) is 0 Å². The largest absolute Gasteiger partial charge is 0.384 e. The lowest BCUT2D eigenvalue weighted by Crippen LogP contribution is -2.39. The van der Waals surface area contributed by atoms with Gasteiger partial charge >= 0.3 is 0 Å². The molecule has 0 aliphatic heterocycles. The number of aryl methyl sites for hydroxylation is 1. The van der Waals surface area contributed by atoms with Gasteiger partial charge in [-0.15, -0.1) is 11.3 Å². The van der Waals surface area contributed by atoms with Crippen molar-refractivity contribution in [2.45, 2.75) is 51.2 Å². The summed E-state index contributed by atoms with van der Waals surface area (Å²) >= 11 is 1.70. The van der Waals surface area contributed by atoms with Gasteiger partial charge in [-0.2, -0.15) is 0 Å². The molecule has 16 heavy (non-hydrogen) atoms. The van der Waals surface area contributed by atoms with Gasteiger partial charge in [-0.25, -0.2) is 0 Å². The predicted octanol–water partition coefficient (Wildman–Crippen LogP) is 2.80. The molecule has 1 heterocycles. The van der Waals surface area contributed by atoms with Gasteiger partial charge in [0.25, 0.3) is 0 Å². The maximum Gasteiger partial charge on any atom is 0.0991 e. The molecule has 0 aromatic carbocycles. The molecule has 1 aliphatic rings. The van der Waals surface area contributed by atoms with Crippen LogP contribution in [0.4, 0.5) is 0 Å². The molecule has 0 radical (unpaired) electrons. The number of rotatable bonds is 3. The van der Waals surface area contributed by atoms with E-state index in [1.54, 1.807) is 11.3 Å². The zero-order valence-corrected chi connectivity index (χ0v) is 10.9. The van der Waals surface area contributed by atoms with E-state index < -0.39 is 5.60 Å². The van der Waals surface area contributed by atoms with Gasteiger partial charge in [-0.1, -0.05) is 6.92 Å². The van der Waals surface area contributed by atoms with Crippen LogP contribution in [0, 0.1) is 6.92 Å². The van der Waals surface area contributed by atoms with Crippen LogP contribution in [0.25, 0.3) is 0 Å². The van der Waals surface area contributed by atoms with Gasteiger partial charge in [0.05, 0.1) is 5.60 Å². The van der Waals surface area contributed by atoms with Crippen LogP contribution in [0.1, 0.15) is 43.0 Å². The van der Waals surface area contributed by atoms with E-state index >= 15 is 0 Å². The standard InChI is InChI=1S/C13H21NOS/c1-3-14-11-4-7-13(15,8-5-11)12-10(2)6-9-16-12/h6,9,11,14-15H,3-5,7-8H2,1-2H3. The highest BCUT2D eigenvalue weighted by Gasteiger charge is 2.36. The van der Waals surface area contributed by atoms with Gasteiger partial charge in [0.15, 0.2) is 0 Å². The van der Waals surface area contributed by atoms with E-state index in [2.05, 4.69) is 30.6 Å². The Morgan fingerprint density at radius 1 is 1.50 bits per heavy atom. The number of hydrogen-bond acceptors (Lipinski definition) is 3. The molecule has 0 atom stereocenters. The van der Waals surface area contributed by atoms with Crippen molar-refractivity contribution >= 4 is 11.3 Å². The normalized spacial score (nSPS) is 30.6. The van der Waals surface area contributed by atoms with Crippen LogP contribution in [0.15, 0.2) is 11.4 Å². The van der Waals surface area contributed by atoms with Crippen LogP contribution in [-0.2, 0) is 5.60 Å². The molecule has 2 nitrogen and oxygen atoms in total. The smallest absolute Gasteiger partial charge is 0.0991 e. The molecule has 1 saturated carbocycles. The Balaban J connectivity index is 2.04. The molecular formula is C13H21NOS. The summed E-state index contributed by atoms with van der Waals surface area (Å²) in [6, 6.07) is 2.71. The van der Waals surface area contributed by atoms with Crippen molar-refractivity contribution in [3.63, 3.8) is 0 Å². The topological polar surface area (TPSA) is 32.3 Å². The molecule has 3 heteroatoms. The SMILES string of the molecule is CCNC1CCC(O)(c2sccc2C)CC1. The maximum absolute atomic E-state index is 10.7. The van der Waals surface area contributed by atoms with E-state index in [1.165, 1.54) is 10.4 Å². The van der Waals surface area contributed by atoms with Gasteiger partial charge in [-0.05, 0) is 56.2 Å². The van der Waals surface area contributed by atoms with Crippen molar-refractivity contribution < 1.29 is 5.11 Å². The Morgan fingerprint density at radius 2 is 2.19 bits per heavy atom. The lowest BCUT2D eigenvalue weighted by atomic mass is 9.80.